The number of hydrogen-bond acceptors (Lipinski definition) is 11. The summed E-state index contributed by atoms with van der Waals surface area (Å²) in [4.78, 5) is 34.3. The molecule has 0 amide bonds. The van der Waals surface area contributed by atoms with Crippen LogP contribution in [0.25, 0.3) is 11.2 Å². The van der Waals surface area contributed by atoms with E-state index in [0.717, 1.165) is 11.8 Å². The lowest BCUT2D eigenvalue weighted by Gasteiger charge is -2.19. The minimum atomic E-state index is -1.43. The second-order valence-electron chi connectivity index (χ2n) is 5.71. The highest BCUT2D eigenvalue weighted by Gasteiger charge is 2.45. The third-order valence-electron chi connectivity index (χ3n) is 3.93. The Morgan fingerprint density at radius 2 is 2.15 bits per heavy atom. The molecule has 0 saturated carbocycles. The van der Waals surface area contributed by atoms with E-state index in [1.165, 1.54) is 4.57 Å². The quantitative estimate of drug-likeness (QED) is 0.265. The number of esters is 1. The molecule has 4 unspecified atom stereocenters. The van der Waals surface area contributed by atoms with Crippen molar-refractivity contribution >= 4 is 34.8 Å². The van der Waals surface area contributed by atoms with Gasteiger partial charge >= 0.3 is 5.97 Å². The lowest BCUT2D eigenvalue weighted by atomic mass is 10.1. The highest BCUT2D eigenvalue weighted by molar-refractivity contribution is 7.99. The Morgan fingerprint density at radius 3 is 2.78 bits per heavy atom. The zero-order valence-electron chi connectivity index (χ0n) is 14.2. The molecule has 0 spiro atoms. The summed E-state index contributed by atoms with van der Waals surface area (Å²) in [6.07, 6.45) is -5.02. The van der Waals surface area contributed by atoms with Crippen LogP contribution in [0.1, 0.15) is 13.2 Å². The van der Waals surface area contributed by atoms with E-state index in [2.05, 4.69) is 15.0 Å². The number of carbonyl (C=O) groups excluding carboxylic acids is 1. The summed E-state index contributed by atoms with van der Waals surface area (Å²) in [6, 6.07) is 0. The third-order valence-corrected chi connectivity index (χ3v) is 4.86. The maximum absolute atomic E-state index is 12.1. The van der Waals surface area contributed by atoms with Crippen molar-refractivity contribution in [2.24, 2.45) is 0 Å². The average molecular weight is 401 g/mol. The first-order valence-corrected chi connectivity index (χ1v) is 9.04. The predicted molar refractivity (Wildman–Crippen MR) is 92.9 cm³/mol. The van der Waals surface area contributed by atoms with Gasteiger partial charge in [-0.05, 0) is 6.92 Å². The number of nitrogen functional groups attached to an aromatic ring is 1. The number of aliphatic hydroxyl groups is 3. The second-order valence-corrected chi connectivity index (χ2v) is 6.65. The van der Waals surface area contributed by atoms with Crippen LogP contribution in [0.4, 0.5) is 5.95 Å². The van der Waals surface area contributed by atoms with Crippen LogP contribution in [0, 0.1) is 0 Å². The number of H-pyrrole nitrogens is 1. The van der Waals surface area contributed by atoms with Crippen molar-refractivity contribution in [2.45, 2.75) is 36.6 Å². The van der Waals surface area contributed by atoms with E-state index in [-0.39, 0.29) is 34.6 Å². The number of carbonyl (C=O) groups is 1. The standard InChI is InChI=1S/C14H19N5O7S/c1-2-25-6(21)4-27-14-16-7-10(17-13(15)18-11(7)24)19(14)12-9(23)8(22)5(3-20)26-12/h5,8-9,12,20,22-23H,2-4H2,1H3,(H3,15,17,18,24). The molecule has 3 rings (SSSR count). The van der Waals surface area contributed by atoms with Gasteiger partial charge in [0.05, 0.1) is 19.0 Å². The predicted octanol–water partition coefficient (Wildman–Crippen LogP) is -2.03. The number of nitrogens with two attached hydrogens (primary N) is 1. The number of hydrogen-bond donors (Lipinski definition) is 5. The van der Waals surface area contributed by atoms with Gasteiger partial charge < -0.3 is 30.5 Å². The lowest BCUT2D eigenvalue weighted by molar-refractivity contribution is -0.139. The number of nitrogens with one attached hydrogen (secondary N) is 1. The van der Waals surface area contributed by atoms with E-state index < -0.39 is 42.7 Å². The van der Waals surface area contributed by atoms with Gasteiger partial charge in [0.2, 0.25) is 5.95 Å². The molecule has 0 aliphatic carbocycles. The van der Waals surface area contributed by atoms with Crippen molar-refractivity contribution in [3.8, 4) is 0 Å². The first-order valence-electron chi connectivity index (χ1n) is 8.06. The average Bonchev–Trinajstić information content (AvgIpc) is 3.11. The number of aromatic amines is 1. The lowest BCUT2D eigenvalue weighted by Crippen LogP contribution is -2.33. The Labute approximate surface area is 156 Å². The van der Waals surface area contributed by atoms with Crippen molar-refractivity contribution in [1.82, 2.24) is 19.5 Å². The molecule has 0 aromatic carbocycles. The molecule has 2 aromatic heterocycles. The van der Waals surface area contributed by atoms with Crippen molar-refractivity contribution in [3.05, 3.63) is 10.4 Å². The van der Waals surface area contributed by atoms with E-state index in [1.807, 2.05) is 0 Å². The number of aliphatic hydroxyl groups excluding tert-OH is 3. The number of aromatic nitrogens is 4. The summed E-state index contributed by atoms with van der Waals surface area (Å²) in [6.45, 7) is 1.36. The van der Waals surface area contributed by atoms with Gasteiger partial charge in [-0.1, -0.05) is 11.8 Å². The molecule has 1 saturated heterocycles. The molecule has 1 aliphatic rings. The van der Waals surface area contributed by atoms with Crippen LogP contribution in [0.2, 0.25) is 0 Å². The van der Waals surface area contributed by atoms with Crippen LogP contribution in [0.15, 0.2) is 9.95 Å². The molecular formula is C14H19N5O7S. The molecule has 0 radical (unpaired) electrons. The molecule has 27 heavy (non-hydrogen) atoms. The van der Waals surface area contributed by atoms with E-state index in [4.69, 9.17) is 15.2 Å². The summed E-state index contributed by atoms with van der Waals surface area (Å²) >= 11 is 0.943. The first-order chi connectivity index (χ1) is 12.9. The maximum atomic E-state index is 12.1. The smallest absolute Gasteiger partial charge is 0.316 e. The molecule has 6 N–H and O–H groups in total. The molecule has 2 aromatic rings. The van der Waals surface area contributed by atoms with Crippen molar-refractivity contribution in [1.29, 1.82) is 0 Å². The fraction of sp³-hybridized carbons (Fsp3) is 0.571. The van der Waals surface area contributed by atoms with Crippen molar-refractivity contribution < 1.29 is 29.6 Å². The largest absolute Gasteiger partial charge is 0.465 e. The van der Waals surface area contributed by atoms with Crippen LogP contribution in [0.3, 0.4) is 0 Å². The fourth-order valence-electron chi connectivity index (χ4n) is 2.73. The summed E-state index contributed by atoms with van der Waals surface area (Å²) in [7, 11) is 0. The Hall–Kier alpha value is -2.19. The Balaban J connectivity index is 2.06. The Bertz CT molecular complexity index is 900. The number of imidazole rings is 1. The molecular weight excluding hydrogens is 382 g/mol. The van der Waals surface area contributed by atoms with Crippen LogP contribution in [-0.4, -0.2) is 78.1 Å². The molecule has 12 nitrogen and oxygen atoms in total. The normalized spacial score (nSPS) is 25.2. The van der Waals surface area contributed by atoms with Gasteiger partial charge in [0.15, 0.2) is 22.5 Å². The number of thioether (sulfide) groups is 1. The molecule has 0 bridgehead atoms. The molecule has 148 valence electrons. The Morgan fingerprint density at radius 1 is 1.41 bits per heavy atom. The number of fused-ring (bicyclic) bond motifs is 1. The zero-order valence-corrected chi connectivity index (χ0v) is 15.0. The minimum absolute atomic E-state index is 0.0115. The molecule has 13 heteroatoms. The van der Waals surface area contributed by atoms with E-state index in [9.17, 15) is 24.9 Å². The second kappa shape index (κ2) is 7.82. The highest BCUT2D eigenvalue weighted by Crippen LogP contribution is 2.35. The van der Waals surface area contributed by atoms with E-state index in [1.54, 1.807) is 6.92 Å². The van der Waals surface area contributed by atoms with E-state index in [0.29, 0.717) is 0 Å². The fourth-order valence-corrected chi connectivity index (χ4v) is 3.55. The molecule has 1 aliphatic heterocycles. The summed E-state index contributed by atoms with van der Waals surface area (Å²) in [5, 5.41) is 29.8. The van der Waals surface area contributed by atoms with E-state index >= 15 is 0 Å². The number of anilines is 1. The van der Waals surface area contributed by atoms with Crippen LogP contribution in [0.5, 0.6) is 0 Å². The topological polar surface area (TPSA) is 186 Å². The SMILES string of the molecule is CCOC(=O)CSc1nc2c(=O)[nH]c(N)nc2n1C1OC(CO)C(O)C1O. The number of ether oxygens (including phenoxy) is 2. The molecule has 3 heterocycles. The van der Waals surface area contributed by atoms with Crippen LogP contribution >= 0.6 is 11.8 Å². The first kappa shape index (κ1) is 19.6. The van der Waals surface area contributed by atoms with Crippen LogP contribution in [-0.2, 0) is 14.3 Å². The number of rotatable bonds is 6. The maximum Gasteiger partial charge on any atom is 0.316 e. The third kappa shape index (κ3) is 3.64. The van der Waals surface area contributed by atoms with Gasteiger partial charge in [-0.3, -0.25) is 19.1 Å². The monoisotopic (exact) mass is 401 g/mol. The van der Waals surface area contributed by atoms with Gasteiger partial charge in [-0.15, -0.1) is 0 Å². The van der Waals surface area contributed by atoms with Crippen LogP contribution < -0.4 is 11.3 Å². The summed E-state index contributed by atoms with van der Waals surface area (Å²) in [5.74, 6) is -0.787. The summed E-state index contributed by atoms with van der Waals surface area (Å²) < 4.78 is 11.6. The van der Waals surface area contributed by atoms with Crippen molar-refractivity contribution in [2.75, 3.05) is 24.7 Å². The minimum Gasteiger partial charge on any atom is -0.465 e. The van der Waals surface area contributed by atoms with Crippen molar-refractivity contribution in [3.63, 3.8) is 0 Å². The van der Waals surface area contributed by atoms with Gasteiger partial charge in [0.25, 0.3) is 5.56 Å². The highest BCUT2D eigenvalue weighted by atomic mass is 32.2. The molecule has 4 atom stereocenters. The zero-order chi connectivity index (χ0) is 19.7. The van der Waals surface area contributed by atoms with Gasteiger partial charge in [-0.2, -0.15) is 4.98 Å². The Kier molecular flexibility index (Phi) is 5.67. The number of nitrogens with zero attached hydrogens (tertiary/aromatic N) is 3. The molecule has 1 fully saturated rings. The summed E-state index contributed by atoms with van der Waals surface area (Å²) in [5.41, 5.74) is 4.92. The van der Waals surface area contributed by atoms with Gasteiger partial charge in [0, 0.05) is 0 Å². The van der Waals surface area contributed by atoms with Gasteiger partial charge in [-0.25, -0.2) is 4.98 Å². The van der Waals surface area contributed by atoms with Gasteiger partial charge in [0.1, 0.15) is 18.3 Å².